The Morgan fingerprint density at radius 2 is 2.00 bits per heavy atom. The number of rotatable bonds is 9. The number of amides is 1. The molecule has 3 rings (SSSR count). The Hall–Kier alpha value is -2.84. The van der Waals surface area contributed by atoms with Crippen LogP contribution in [0, 0.1) is 5.82 Å². The lowest BCUT2D eigenvalue weighted by Crippen LogP contribution is -2.15. The van der Waals surface area contributed by atoms with Crippen LogP contribution < -0.4 is 10.1 Å². The summed E-state index contributed by atoms with van der Waals surface area (Å²) in [5.41, 5.74) is 0.141. The fourth-order valence-electron chi connectivity index (χ4n) is 2.40. The SMILES string of the molecule is C=CCn1c(COc2ccc(Cl)cc2)nnc1SCC(=O)Nc1ccccc1F. The maximum Gasteiger partial charge on any atom is 0.234 e. The Morgan fingerprint density at radius 3 is 2.72 bits per heavy atom. The van der Waals surface area contributed by atoms with Crippen molar-refractivity contribution in [3.05, 3.63) is 77.9 Å². The number of ether oxygens (including phenoxy) is 1. The van der Waals surface area contributed by atoms with Gasteiger partial charge in [0.2, 0.25) is 5.91 Å². The number of aromatic nitrogens is 3. The summed E-state index contributed by atoms with van der Waals surface area (Å²) in [5.74, 6) is 0.481. The van der Waals surface area contributed by atoms with E-state index >= 15 is 0 Å². The number of benzene rings is 2. The number of hydrogen-bond donors (Lipinski definition) is 1. The highest BCUT2D eigenvalue weighted by atomic mass is 35.5. The molecule has 0 spiro atoms. The van der Waals surface area contributed by atoms with Crippen LogP contribution in [-0.2, 0) is 17.9 Å². The lowest BCUT2D eigenvalue weighted by Gasteiger charge is -2.09. The smallest absolute Gasteiger partial charge is 0.234 e. The molecular weight excluding hydrogens is 415 g/mol. The molecule has 0 atom stereocenters. The third-order valence-electron chi connectivity index (χ3n) is 3.77. The first-order chi connectivity index (χ1) is 14.1. The van der Waals surface area contributed by atoms with Crippen molar-refractivity contribution in [1.82, 2.24) is 14.8 Å². The minimum Gasteiger partial charge on any atom is -0.486 e. The van der Waals surface area contributed by atoms with Gasteiger partial charge in [-0.15, -0.1) is 16.8 Å². The predicted octanol–water partition coefficient (Wildman–Crippen LogP) is 4.57. The molecule has 0 saturated carbocycles. The van der Waals surface area contributed by atoms with E-state index in [0.717, 1.165) is 0 Å². The lowest BCUT2D eigenvalue weighted by molar-refractivity contribution is -0.113. The fourth-order valence-corrected chi connectivity index (χ4v) is 3.30. The molecule has 0 saturated heterocycles. The van der Waals surface area contributed by atoms with Crippen molar-refractivity contribution in [3.63, 3.8) is 0 Å². The van der Waals surface area contributed by atoms with Gasteiger partial charge in [-0.2, -0.15) is 0 Å². The van der Waals surface area contributed by atoms with Gasteiger partial charge in [0, 0.05) is 11.6 Å². The molecular formula is C20H18ClFN4O2S. The molecule has 0 fully saturated rings. The highest BCUT2D eigenvalue weighted by molar-refractivity contribution is 7.99. The molecule has 1 aromatic heterocycles. The van der Waals surface area contributed by atoms with Crippen LogP contribution in [-0.4, -0.2) is 26.4 Å². The Bertz CT molecular complexity index is 994. The first-order valence-electron chi connectivity index (χ1n) is 8.65. The first-order valence-corrected chi connectivity index (χ1v) is 10.0. The van der Waals surface area contributed by atoms with Crippen molar-refractivity contribution in [2.24, 2.45) is 0 Å². The second-order valence-electron chi connectivity index (χ2n) is 5.86. The van der Waals surface area contributed by atoms with Gasteiger partial charge in [0.1, 0.15) is 18.2 Å². The average Bonchev–Trinajstić information content (AvgIpc) is 3.10. The molecule has 0 aliphatic carbocycles. The van der Waals surface area contributed by atoms with E-state index in [1.54, 1.807) is 42.5 Å². The highest BCUT2D eigenvalue weighted by Gasteiger charge is 2.15. The summed E-state index contributed by atoms with van der Waals surface area (Å²) >= 11 is 7.07. The summed E-state index contributed by atoms with van der Waals surface area (Å²) in [6, 6.07) is 13.0. The van der Waals surface area contributed by atoms with E-state index in [-0.39, 0.29) is 24.0 Å². The van der Waals surface area contributed by atoms with E-state index in [2.05, 4.69) is 22.1 Å². The molecule has 0 bridgehead atoms. The molecule has 29 heavy (non-hydrogen) atoms. The monoisotopic (exact) mass is 432 g/mol. The molecule has 0 radical (unpaired) electrons. The number of halogens is 2. The van der Waals surface area contributed by atoms with Crippen LogP contribution >= 0.6 is 23.4 Å². The molecule has 2 aromatic carbocycles. The lowest BCUT2D eigenvalue weighted by atomic mass is 10.3. The topological polar surface area (TPSA) is 69.0 Å². The Kier molecular flexibility index (Phi) is 7.26. The minimum absolute atomic E-state index is 0.0572. The van der Waals surface area contributed by atoms with Crippen LogP contribution in [0.4, 0.5) is 10.1 Å². The number of anilines is 1. The Labute approximate surface area is 176 Å². The number of hydrogen-bond acceptors (Lipinski definition) is 5. The van der Waals surface area contributed by atoms with E-state index in [0.29, 0.717) is 28.3 Å². The number of nitrogens with one attached hydrogen (secondary N) is 1. The summed E-state index contributed by atoms with van der Waals surface area (Å²) in [7, 11) is 0. The molecule has 0 unspecified atom stereocenters. The molecule has 6 nitrogen and oxygen atoms in total. The number of allylic oxidation sites excluding steroid dienone is 1. The Balaban J connectivity index is 1.61. The van der Waals surface area contributed by atoms with Gasteiger partial charge in [-0.1, -0.05) is 41.6 Å². The van der Waals surface area contributed by atoms with E-state index in [1.165, 1.54) is 23.9 Å². The molecule has 9 heteroatoms. The van der Waals surface area contributed by atoms with Crippen molar-refractivity contribution in [2.45, 2.75) is 18.3 Å². The normalized spacial score (nSPS) is 10.6. The van der Waals surface area contributed by atoms with Gasteiger partial charge in [-0.25, -0.2) is 4.39 Å². The average molecular weight is 433 g/mol. The number of para-hydroxylation sites is 1. The van der Waals surface area contributed by atoms with Crippen LogP contribution in [0.5, 0.6) is 5.75 Å². The first kappa shape index (κ1) is 20.9. The molecule has 3 aromatic rings. The number of carbonyl (C=O) groups is 1. The Morgan fingerprint density at radius 1 is 1.24 bits per heavy atom. The summed E-state index contributed by atoms with van der Waals surface area (Å²) in [5, 5.41) is 12.0. The molecule has 1 heterocycles. The van der Waals surface area contributed by atoms with Gasteiger partial charge in [0.25, 0.3) is 0 Å². The van der Waals surface area contributed by atoms with Crippen LogP contribution in [0.2, 0.25) is 5.02 Å². The summed E-state index contributed by atoms with van der Waals surface area (Å²) in [4.78, 5) is 12.1. The van der Waals surface area contributed by atoms with Crippen LogP contribution in [0.15, 0.2) is 66.3 Å². The third kappa shape index (κ3) is 5.82. The van der Waals surface area contributed by atoms with Crippen LogP contribution in [0.3, 0.4) is 0 Å². The molecule has 1 amide bonds. The second kappa shape index (κ2) is 10.1. The standard InChI is InChI=1S/C20H18ClFN4O2S/c1-2-11-26-18(12-28-15-9-7-14(21)8-10-15)24-25-20(26)29-13-19(27)23-17-6-4-3-5-16(17)22/h2-10H,1,11-13H2,(H,23,27). The maximum atomic E-state index is 13.6. The van der Waals surface area contributed by atoms with Crippen molar-refractivity contribution in [3.8, 4) is 5.75 Å². The van der Waals surface area contributed by atoms with Crippen molar-refractivity contribution in [2.75, 3.05) is 11.1 Å². The maximum absolute atomic E-state index is 13.6. The summed E-state index contributed by atoms with van der Waals surface area (Å²) in [6.45, 7) is 4.41. The van der Waals surface area contributed by atoms with Crippen molar-refractivity contribution >= 4 is 35.0 Å². The molecule has 1 N–H and O–H groups in total. The summed E-state index contributed by atoms with van der Waals surface area (Å²) in [6.07, 6.45) is 1.71. The molecule has 0 aliphatic heterocycles. The fraction of sp³-hybridized carbons (Fsp3) is 0.150. The van der Waals surface area contributed by atoms with Gasteiger partial charge < -0.3 is 10.1 Å². The van der Waals surface area contributed by atoms with Crippen molar-refractivity contribution in [1.29, 1.82) is 0 Å². The van der Waals surface area contributed by atoms with Gasteiger partial charge in [-0.3, -0.25) is 9.36 Å². The molecule has 0 aliphatic rings. The zero-order chi connectivity index (χ0) is 20.6. The van der Waals surface area contributed by atoms with E-state index in [9.17, 15) is 9.18 Å². The third-order valence-corrected chi connectivity index (χ3v) is 4.99. The van der Waals surface area contributed by atoms with Gasteiger partial charge in [0.05, 0.1) is 11.4 Å². The summed E-state index contributed by atoms with van der Waals surface area (Å²) < 4.78 is 21.2. The largest absolute Gasteiger partial charge is 0.486 e. The quantitative estimate of drug-likeness (QED) is 0.396. The van der Waals surface area contributed by atoms with E-state index in [1.807, 2.05) is 4.57 Å². The zero-order valence-corrected chi connectivity index (χ0v) is 16.9. The minimum atomic E-state index is -0.484. The van der Waals surface area contributed by atoms with Gasteiger partial charge >= 0.3 is 0 Å². The molecule has 150 valence electrons. The highest BCUT2D eigenvalue weighted by Crippen LogP contribution is 2.21. The number of nitrogens with zero attached hydrogens (tertiary/aromatic N) is 3. The predicted molar refractivity (Wildman–Crippen MR) is 112 cm³/mol. The van der Waals surface area contributed by atoms with Crippen LogP contribution in [0.1, 0.15) is 5.82 Å². The second-order valence-corrected chi connectivity index (χ2v) is 7.24. The van der Waals surface area contributed by atoms with Crippen LogP contribution in [0.25, 0.3) is 0 Å². The number of carbonyl (C=O) groups excluding carboxylic acids is 1. The number of thioether (sulfide) groups is 1. The van der Waals surface area contributed by atoms with Gasteiger partial charge in [-0.05, 0) is 36.4 Å². The van der Waals surface area contributed by atoms with E-state index in [4.69, 9.17) is 16.3 Å². The van der Waals surface area contributed by atoms with Gasteiger partial charge in [0.15, 0.2) is 11.0 Å². The van der Waals surface area contributed by atoms with E-state index < -0.39 is 5.82 Å². The van der Waals surface area contributed by atoms with Crippen molar-refractivity contribution < 1.29 is 13.9 Å². The zero-order valence-electron chi connectivity index (χ0n) is 15.3.